The van der Waals surface area contributed by atoms with E-state index in [1.165, 1.54) is 25.1 Å². The lowest BCUT2D eigenvalue weighted by Gasteiger charge is -2.17. The molecule has 0 unspecified atom stereocenters. The van der Waals surface area contributed by atoms with E-state index in [1.807, 2.05) is 6.92 Å². The van der Waals surface area contributed by atoms with E-state index in [0.29, 0.717) is 18.5 Å². The molecule has 0 spiro atoms. The van der Waals surface area contributed by atoms with Gasteiger partial charge >= 0.3 is 0 Å². The minimum atomic E-state index is -3.17. The molecule has 24 heavy (non-hydrogen) atoms. The summed E-state index contributed by atoms with van der Waals surface area (Å²) in [6.07, 6.45) is -0.364. The van der Waals surface area contributed by atoms with Crippen molar-refractivity contribution in [2.45, 2.75) is 52.5 Å². The van der Waals surface area contributed by atoms with Crippen LogP contribution in [0.3, 0.4) is 0 Å². The Morgan fingerprint density at radius 2 is 2.17 bits per heavy atom. The molecule has 1 atom stereocenters. The van der Waals surface area contributed by atoms with Crippen LogP contribution < -0.4 is 15.4 Å². The number of benzene rings is 1. The van der Waals surface area contributed by atoms with Gasteiger partial charge in [0.2, 0.25) is 5.91 Å². The predicted octanol–water partition coefficient (Wildman–Crippen LogP) is 2.37. The molecule has 0 aliphatic carbocycles. The Balaban J connectivity index is 2.83. The Labute approximate surface area is 153 Å². The summed E-state index contributed by atoms with van der Waals surface area (Å²) in [7, 11) is 0. The van der Waals surface area contributed by atoms with E-state index in [2.05, 4.69) is 10.6 Å². The van der Waals surface area contributed by atoms with Crippen LogP contribution in [0.15, 0.2) is 18.2 Å². The van der Waals surface area contributed by atoms with Gasteiger partial charge in [-0.15, -0.1) is 0 Å². The number of ketones is 1. The zero-order valence-electron chi connectivity index (χ0n) is 20.8. The predicted molar refractivity (Wildman–Crippen MR) is 94.6 cm³/mol. The molecule has 1 rings (SSSR count). The number of aliphatic hydroxyl groups is 1. The number of nitrogens with one attached hydrogen (secondary N) is 2. The molecule has 0 heterocycles. The molecular weight excluding hydrogens is 308 g/mol. The van der Waals surface area contributed by atoms with Crippen molar-refractivity contribution in [2.24, 2.45) is 0 Å². The van der Waals surface area contributed by atoms with E-state index >= 15 is 0 Å². The third-order valence-corrected chi connectivity index (χ3v) is 3.07. The van der Waals surface area contributed by atoms with Gasteiger partial charge in [-0.3, -0.25) is 9.59 Å². The number of aliphatic hydroxyl groups excluding tert-OH is 1. The van der Waals surface area contributed by atoms with Gasteiger partial charge in [0.1, 0.15) is 18.5 Å². The topological polar surface area (TPSA) is 87.7 Å². The van der Waals surface area contributed by atoms with E-state index in [4.69, 9.17) is 14.3 Å². The highest BCUT2D eigenvalue weighted by Crippen LogP contribution is 2.24. The lowest BCUT2D eigenvalue weighted by molar-refractivity contribution is -0.116. The Morgan fingerprint density at radius 1 is 1.42 bits per heavy atom. The van der Waals surface area contributed by atoms with Crippen LogP contribution in [0.25, 0.3) is 0 Å². The largest absolute Gasteiger partial charge is 0.490 e. The number of ether oxygens (including phenoxy) is 1. The Hall–Kier alpha value is -1.92. The summed E-state index contributed by atoms with van der Waals surface area (Å²) >= 11 is 0. The van der Waals surface area contributed by atoms with Crippen molar-refractivity contribution in [3.63, 3.8) is 0 Å². The first-order valence-corrected chi connectivity index (χ1v) is 7.63. The number of amides is 1. The molecule has 3 N–H and O–H groups in total. The Bertz CT molecular complexity index is 767. The SMILES string of the molecule is [2H]C([2H])([2H])C([2H])(NC[C@H](O)COc1ccc(NC(=O)CCC)cc1C(C)=O)C([2H])([2H])[2H]. The second-order valence-electron chi connectivity index (χ2n) is 5.29. The molecule has 1 aromatic rings. The van der Waals surface area contributed by atoms with Gasteiger partial charge < -0.3 is 20.5 Å². The van der Waals surface area contributed by atoms with Crippen molar-refractivity contribution in [1.82, 2.24) is 5.32 Å². The van der Waals surface area contributed by atoms with E-state index in [1.54, 1.807) is 0 Å². The summed E-state index contributed by atoms with van der Waals surface area (Å²) in [5, 5.41) is 14.8. The zero-order chi connectivity index (χ0) is 24.0. The molecule has 0 aliphatic rings. The standard InChI is InChI=1S/C18H28N2O4/c1-5-6-18(23)20-14-7-8-17(16(9-14)13(4)21)24-11-15(22)10-19-12(2)3/h7-9,12,15,19,22H,5-6,10-11H2,1-4H3,(H,20,23)/t15-/m0/s1/i2D3,3D3,12D. The minimum absolute atomic E-state index is 0.129. The number of Topliss-reactive ketones (excluding diaryl/α,β-unsaturated/α-hetero) is 1. The van der Waals surface area contributed by atoms with Gasteiger partial charge in [-0.05, 0) is 31.5 Å². The van der Waals surface area contributed by atoms with Crippen LogP contribution in [0, 0.1) is 0 Å². The van der Waals surface area contributed by atoms with Crippen LogP contribution in [0.4, 0.5) is 5.69 Å². The van der Waals surface area contributed by atoms with Crippen LogP contribution in [-0.2, 0) is 4.79 Å². The number of hydrogen-bond donors (Lipinski definition) is 3. The van der Waals surface area contributed by atoms with E-state index in [9.17, 15) is 14.7 Å². The summed E-state index contributed by atoms with van der Waals surface area (Å²) in [6.45, 7) is -4.11. The lowest BCUT2D eigenvalue weighted by atomic mass is 10.1. The highest BCUT2D eigenvalue weighted by atomic mass is 16.5. The zero-order valence-corrected chi connectivity index (χ0v) is 13.8. The molecule has 1 amide bonds. The van der Waals surface area contributed by atoms with Crippen LogP contribution in [0.2, 0.25) is 0 Å². The van der Waals surface area contributed by atoms with Crippen molar-refractivity contribution in [2.75, 3.05) is 18.5 Å². The van der Waals surface area contributed by atoms with Crippen molar-refractivity contribution < 1.29 is 29.0 Å². The Morgan fingerprint density at radius 3 is 2.79 bits per heavy atom. The number of rotatable bonds is 10. The highest BCUT2D eigenvalue weighted by molar-refractivity contribution is 5.99. The molecule has 0 saturated carbocycles. The lowest BCUT2D eigenvalue weighted by Crippen LogP contribution is -2.35. The molecule has 0 radical (unpaired) electrons. The fourth-order valence-electron chi connectivity index (χ4n) is 1.92. The van der Waals surface area contributed by atoms with Gasteiger partial charge in [0.15, 0.2) is 5.78 Å². The quantitative estimate of drug-likeness (QED) is 0.568. The minimum Gasteiger partial charge on any atom is -0.490 e. The molecule has 6 nitrogen and oxygen atoms in total. The Kier molecular flexibility index (Phi) is 4.86. The molecule has 0 bridgehead atoms. The average Bonchev–Trinajstić information content (AvgIpc) is 2.63. The molecule has 134 valence electrons. The molecule has 0 aromatic heterocycles. The second-order valence-corrected chi connectivity index (χ2v) is 5.29. The van der Waals surface area contributed by atoms with Crippen molar-refractivity contribution >= 4 is 17.4 Å². The maximum atomic E-state index is 11.9. The average molecular weight is 343 g/mol. The highest BCUT2D eigenvalue weighted by Gasteiger charge is 2.13. The van der Waals surface area contributed by atoms with Crippen LogP contribution in [0.1, 0.15) is 60.3 Å². The first kappa shape index (κ1) is 11.6. The normalized spacial score (nSPS) is 17.9. The smallest absolute Gasteiger partial charge is 0.224 e. The van der Waals surface area contributed by atoms with Crippen LogP contribution in [-0.4, -0.2) is 42.1 Å². The number of hydrogen-bond acceptors (Lipinski definition) is 5. The van der Waals surface area contributed by atoms with Crippen molar-refractivity contribution in [1.29, 1.82) is 0 Å². The second kappa shape index (κ2) is 10.1. The van der Waals surface area contributed by atoms with Gasteiger partial charge in [0, 0.05) is 34.3 Å². The van der Waals surface area contributed by atoms with E-state index in [0.717, 1.165) is 0 Å². The molecule has 0 aliphatic heterocycles. The fourth-order valence-corrected chi connectivity index (χ4v) is 1.92. The molecular formula is C18H28N2O4. The van der Waals surface area contributed by atoms with E-state index in [-0.39, 0.29) is 23.0 Å². The number of carbonyl (C=O) groups is 2. The molecule has 0 fully saturated rings. The van der Waals surface area contributed by atoms with Gasteiger partial charge in [-0.1, -0.05) is 20.6 Å². The van der Waals surface area contributed by atoms with Crippen LogP contribution in [0.5, 0.6) is 5.75 Å². The van der Waals surface area contributed by atoms with Gasteiger partial charge in [0.05, 0.1) is 5.56 Å². The summed E-state index contributed by atoms with van der Waals surface area (Å²) < 4.78 is 57.3. The van der Waals surface area contributed by atoms with Crippen LogP contribution >= 0.6 is 0 Å². The molecule has 0 saturated heterocycles. The maximum absolute atomic E-state index is 11.9. The summed E-state index contributed by atoms with van der Waals surface area (Å²) in [5.74, 6) is -0.414. The van der Waals surface area contributed by atoms with Crippen molar-refractivity contribution in [3.8, 4) is 5.75 Å². The first-order valence-electron chi connectivity index (χ1n) is 11.1. The number of anilines is 1. The number of carbonyl (C=O) groups excluding carboxylic acids is 2. The van der Waals surface area contributed by atoms with Gasteiger partial charge in [-0.25, -0.2) is 0 Å². The maximum Gasteiger partial charge on any atom is 0.224 e. The molecule has 1 aromatic carbocycles. The monoisotopic (exact) mass is 343 g/mol. The summed E-state index contributed by atoms with van der Waals surface area (Å²) in [5.41, 5.74) is 0.571. The third kappa shape index (κ3) is 7.10. The van der Waals surface area contributed by atoms with E-state index < -0.39 is 39.0 Å². The first-order chi connectivity index (χ1) is 14.1. The van der Waals surface area contributed by atoms with Gasteiger partial charge in [-0.2, -0.15) is 0 Å². The van der Waals surface area contributed by atoms with Gasteiger partial charge in [0.25, 0.3) is 0 Å². The van der Waals surface area contributed by atoms with Crippen molar-refractivity contribution in [3.05, 3.63) is 23.8 Å². The summed E-state index contributed by atoms with van der Waals surface area (Å²) in [6, 6.07) is 1.44. The summed E-state index contributed by atoms with van der Waals surface area (Å²) in [4.78, 5) is 23.7. The molecule has 6 heteroatoms. The third-order valence-electron chi connectivity index (χ3n) is 3.07. The fraction of sp³-hybridized carbons (Fsp3) is 0.556.